The first-order chi connectivity index (χ1) is 20.2. The first kappa shape index (κ1) is 30.8. The summed E-state index contributed by atoms with van der Waals surface area (Å²) in [6.07, 6.45) is -2.47. The van der Waals surface area contributed by atoms with Crippen molar-refractivity contribution in [2.75, 3.05) is 50.9 Å². The number of carbonyl (C=O) groups is 2. The van der Waals surface area contributed by atoms with E-state index in [1.54, 1.807) is 4.90 Å². The molecule has 0 radical (unpaired) electrons. The second-order valence-electron chi connectivity index (χ2n) is 9.82. The first-order valence-electron chi connectivity index (χ1n) is 13.9. The van der Waals surface area contributed by atoms with Gasteiger partial charge in [0.25, 0.3) is 11.8 Å². The number of piperazine rings is 1. The summed E-state index contributed by atoms with van der Waals surface area (Å²) in [5.74, 6) is -0.326. The summed E-state index contributed by atoms with van der Waals surface area (Å²) >= 11 is 0. The van der Waals surface area contributed by atoms with E-state index in [1.165, 1.54) is 28.9 Å². The lowest BCUT2D eigenvalue weighted by Gasteiger charge is -2.36. The Kier molecular flexibility index (Phi) is 10.4. The minimum absolute atomic E-state index is 0.0488. The Morgan fingerprint density at radius 2 is 1.69 bits per heavy atom. The number of anilines is 1. The smallest absolute Gasteiger partial charge is 0.405 e. The van der Waals surface area contributed by atoms with Gasteiger partial charge in [-0.3, -0.25) is 14.0 Å². The third-order valence-corrected chi connectivity index (χ3v) is 6.91. The molecule has 0 saturated carbocycles. The number of halogens is 4. The van der Waals surface area contributed by atoms with Gasteiger partial charge < -0.3 is 19.9 Å². The van der Waals surface area contributed by atoms with E-state index in [-0.39, 0.29) is 17.2 Å². The monoisotopic (exact) mass is 590 g/mol. The number of rotatable bonds is 12. The molecule has 1 fully saturated rings. The summed E-state index contributed by atoms with van der Waals surface area (Å²) in [4.78, 5) is 29.6. The third kappa shape index (κ3) is 7.77. The predicted molar refractivity (Wildman–Crippen MR) is 149 cm³/mol. The van der Waals surface area contributed by atoms with Gasteiger partial charge in [-0.05, 0) is 62.6 Å². The maximum Gasteiger partial charge on any atom is 0.405 e. The Bertz CT molecular complexity index is 1340. The van der Waals surface area contributed by atoms with Gasteiger partial charge in [0.2, 0.25) is 0 Å². The summed E-state index contributed by atoms with van der Waals surface area (Å²) in [6, 6.07) is 13.6. The predicted octanol–water partition coefficient (Wildman–Crippen LogP) is 4.60. The van der Waals surface area contributed by atoms with Crippen molar-refractivity contribution >= 4 is 17.5 Å². The molecule has 1 aliphatic heterocycles. The van der Waals surface area contributed by atoms with Gasteiger partial charge in [0.05, 0.1) is 30.4 Å². The lowest BCUT2D eigenvalue weighted by Crippen LogP contribution is -2.49. The molecule has 1 aromatic heterocycles. The van der Waals surface area contributed by atoms with Gasteiger partial charge in [-0.25, -0.2) is 4.68 Å². The highest BCUT2D eigenvalue weighted by Gasteiger charge is 2.29. The van der Waals surface area contributed by atoms with Crippen LogP contribution in [0.5, 0.6) is 5.75 Å². The van der Waals surface area contributed by atoms with Gasteiger partial charge in [-0.15, -0.1) is 5.10 Å². The zero-order valence-electron chi connectivity index (χ0n) is 23.4. The fraction of sp³-hybridized carbons (Fsp3) is 0.448. The number of hydrogen-bond donors (Lipinski definition) is 1. The van der Waals surface area contributed by atoms with Crippen LogP contribution in [0.1, 0.15) is 52.7 Å². The largest absolute Gasteiger partial charge is 0.492 e. The Morgan fingerprint density at radius 1 is 0.976 bits per heavy atom. The van der Waals surface area contributed by atoms with Crippen LogP contribution >= 0.6 is 0 Å². The van der Waals surface area contributed by atoms with Gasteiger partial charge in [0.1, 0.15) is 12.3 Å². The summed E-state index contributed by atoms with van der Waals surface area (Å²) in [5.41, 5.74) is 2.27. The van der Waals surface area contributed by atoms with Crippen LogP contribution in [-0.2, 0) is 6.42 Å². The van der Waals surface area contributed by atoms with Gasteiger partial charge in [0, 0.05) is 31.7 Å². The van der Waals surface area contributed by atoms with Gasteiger partial charge in [-0.2, -0.15) is 13.2 Å². The lowest BCUT2D eigenvalue weighted by atomic mass is 10.1. The molecule has 0 spiro atoms. The third-order valence-electron chi connectivity index (χ3n) is 6.91. The van der Waals surface area contributed by atoms with Crippen LogP contribution in [-0.4, -0.2) is 83.9 Å². The Balaban J connectivity index is 1.50. The molecule has 0 bridgehead atoms. The molecule has 0 atom stereocenters. The average molecular weight is 591 g/mol. The molecule has 1 N–H and O–H groups in total. The fourth-order valence-electron chi connectivity index (χ4n) is 4.80. The second-order valence-corrected chi connectivity index (χ2v) is 9.82. The number of nitrogens with zero attached hydrogens (tertiary/aromatic N) is 5. The maximum absolute atomic E-state index is 13.6. The van der Waals surface area contributed by atoms with E-state index in [4.69, 9.17) is 4.74 Å². The number of nitrogens with one attached hydrogen (secondary N) is 1. The van der Waals surface area contributed by atoms with Crippen molar-refractivity contribution in [2.45, 2.75) is 38.8 Å². The molecule has 9 nitrogen and oxygen atoms in total. The Morgan fingerprint density at radius 3 is 2.36 bits per heavy atom. The minimum Gasteiger partial charge on any atom is -0.492 e. The van der Waals surface area contributed by atoms with Crippen molar-refractivity contribution in [3.8, 4) is 11.4 Å². The molecule has 13 heteroatoms. The topological polar surface area (TPSA) is 92.6 Å². The standard InChI is InChI=1S/C29H34F4N6O3/c1-2-42-25-10-6-5-8-23(25)37-16-18-38(19-17-37)28(41)26-24(9-4-3-7-15-30)39(36-35-26)22-13-11-21(12-14-22)27(40)34-20-29(31,32)33/h5-6,8,10-14H,2-4,7,9,15-20H2,1H3,(H,34,40). The van der Waals surface area contributed by atoms with E-state index in [0.717, 1.165) is 11.4 Å². The summed E-state index contributed by atoms with van der Waals surface area (Å²) in [7, 11) is 0. The molecule has 4 rings (SSSR count). The molecule has 3 aromatic rings. The van der Waals surface area contributed by atoms with Gasteiger partial charge in [0.15, 0.2) is 5.69 Å². The summed E-state index contributed by atoms with van der Waals surface area (Å²) in [6.45, 7) is 2.76. The number of hydrogen-bond acceptors (Lipinski definition) is 6. The number of carbonyl (C=O) groups excluding carboxylic acids is 2. The Labute approximate surface area is 241 Å². The minimum atomic E-state index is -4.52. The van der Waals surface area contributed by atoms with Crippen molar-refractivity contribution in [1.82, 2.24) is 25.2 Å². The van der Waals surface area contributed by atoms with E-state index in [9.17, 15) is 27.2 Å². The van der Waals surface area contributed by atoms with Crippen LogP contribution in [0.15, 0.2) is 48.5 Å². The molecule has 1 saturated heterocycles. The molecule has 2 heterocycles. The van der Waals surface area contributed by atoms with Crippen LogP contribution in [0, 0.1) is 0 Å². The summed E-state index contributed by atoms with van der Waals surface area (Å²) in [5, 5.41) is 10.3. The molecule has 42 heavy (non-hydrogen) atoms. The molecular weight excluding hydrogens is 556 g/mol. The van der Waals surface area contributed by atoms with E-state index >= 15 is 0 Å². The van der Waals surface area contributed by atoms with E-state index in [1.807, 2.05) is 36.5 Å². The fourth-order valence-corrected chi connectivity index (χ4v) is 4.80. The molecule has 1 aliphatic rings. The molecular formula is C29H34F4N6O3. The molecule has 2 aromatic carbocycles. The van der Waals surface area contributed by atoms with E-state index in [0.29, 0.717) is 69.9 Å². The van der Waals surface area contributed by atoms with Crippen LogP contribution in [0.4, 0.5) is 23.2 Å². The molecule has 226 valence electrons. The number of benzene rings is 2. The van der Waals surface area contributed by atoms with Crippen molar-refractivity contribution in [3.63, 3.8) is 0 Å². The van der Waals surface area contributed by atoms with Crippen molar-refractivity contribution in [1.29, 1.82) is 0 Å². The number of unbranched alkanes of at least 4 members (excludes halogenated alkanes) is 2. The number of alkyl halides is 4. The molecule has 0 unspecified atom stereocenters. The Hall–Kier alpha value is -4.16. The van der Waals surface area contributed by atoms with Crippen LogP contribution in [0.2, 0.25) is 0 Å². The van der Waals surface area contributed by atoms with E-state index < -0.39 is 25.3 Å². The van der Waals surface area contributed by atoms with Crippen LogP contribution < -0.4 is 15.0 Å². The maximum atomic E-state index is 13.6. The zero-order valence-corrected chi connectivity index (χ0v) is 23.4. The first-order valence-corrected chi connectivity index (χ1v) is 13.9. The normalized spacial score (nSPS) is 13.7. The highest BCUT2D eigenvalue weighted by molar-refractivity contribution is 5.95. The van der Waals surface area contributed by atoms with Crippen molar-refractivity contribution in [2.24, 2.45) is 0 Å². The van der Waals surface area contributed by atoms with Crippen LogP contribution in [0.25, 0.3) is 5.69 Å². The second kappa shape index (κ2) is 14.1. The highest BCUT2D eigenvalue weighted by Crippen LogP contribution is 2.29. The number of aromatic nitrogens is 3. The van der Waals surface area contributed by atoms with Gasteiger partial charge >= 0.3 is 6.18 Å². The zero-order chi connectivity index (χ0) is 30.1. The van der Waals surface area contributed by atoms with Crippen molar-refractivity contribution in [3.05, 3.63) is 65.5 Å². The van der Waals surface area contributed by atoms with Gasteiger partial charge in [-0.1, -0.05) is 23.8 Å². The number of para-hydroxylation sites is 2. The summed E-state index contributed by atoms with van der Waals surface area (Å²) < 4.78 is 57.3. The average Bonchev–Trinajstić information content (AvgIpc) is 3.42. The SMILES string of the molecule is CCOc1ccccc1N1CCN(C(=O)c2nnn(-c3ccc(C(=O)NCC(F)(F)F)cc3)c2CCCCCF)CC1. The van der Waals surface area contributed by atoms with Crippen LogP contribution in [0.3, 0.4) is 0 Å². The lowest BCUT2D eigenvalue weighted by molar-refractivity contribution is -0.123. The highest BCUT2D eigenvalue weighted by atomic mass is 19.4. The number of ether oxygens (including phenoxy) is 1. The van der Waals surface area contributed by atoms with E-state index in [2.05, 4.69) is 15.2 Å². The molecule has 2 amide bonds. The van der Waals surface area contributed by atoms with Crippen molar-refractivity contribution < 1.29 is 31.9 Å². The quantitative estimate of drug-likeness (QED) is 0.245. The number of amides is 2. The molecule has 0 aliphatic carbocycles.